The highest BCUT2D eigenvalue weighted by molar-refractivity contribution is 5.46. The van der Waals surface area contributed by atoms with Crippen molar-refractivity contribution >= 4 is 11.5 Å². The molecule has 0 spiro atoms. The van der Waals surface area contributed by atoms with Gasteiger partial charge in [-0.2, -0.15) is 0 Å². The molecule has 0 aliphatic carbocycles. The highest BCUT2D eigenvalue weighted by Crippen LogP contribution is 2.34. The van der Waals surface area contributed by atoms with Crippen LogP contribution in [0.3, 0.4) is 0 Å². The van der Waals surface area contributed by atoms with E-state index in [0.29, 0.717) is 24.0 Å². The van der Waals surface area contributed by atoms with Gasteiger partial charge in [-0.05, 0) is 18.8 Å². The number of aromatic nitrogens is 6. The molecule has 3 aromatic heterocycles. The summed E-state index contributed by atoms with van der Waals surface area (Å²) in [6, 6.07) is 0. The van der Waals surface area contributed by atoms with Gasteiger partial charge in [0.1, 0.15) is 12.1 Å². The van der Waals surface area contributed by atoms with E-state index in [1.165, 1.54) is 4.57 Å². The summed E-state index contributed by atoms with van der Waals surface area (Å²) in [7, 11) is 1.73. The first kappa shape index (κ1) is 16.4. The molecule has 2 aliphatic rings. The van der Waals surface area contributed by atoms with Crippen LogP contribution in [0.15, 0.2) is 29.7 Å². The first-order valence-electron chi connectivity index (χ1n) is 9.23. The summed E-state index contributed by atoms with van der Waals surface area (Å²) in [4.78, 5) is 25.5. The van der Waals surface area contributed by atoms with E-state index in [1.54, 1.807) is 19.6 Å². The molecule has 2 atom stereocenters. The molecule has 2 unspecified atom stereocenters. The van der Waals surface area contributed by atoms with Crippen molar-refractivity contribution in [3.63, 3.8) is 0 Å². The zero-order valence-corrected chi connectivity index (χ0v) is 15.5. The Bertz CT molecular complexity index is 1040. The summed E-state index contributed by atoms with van der Waals surface area (Å²) in [6.45, 7) is 6.90. The summed E-state index contributed by atoms with van der Waals surface area (Å²) in [5.41, 5.74) is 1.40. The standard InChI is InChI=1S/C18H22N8O/c1-12-5-19-11-20-16(12)25-8-13-6-24(7-14(13)9-25)10-15-21-22-17-18(27)23(2)3-4-26(15)17/h3-5,11,13-14H,6-10H2,1-2H3. The Labute approximate surface area is 156 Å². The van der Waals surface area contributed by atoms with Gasteiger partial charge in [0, 0.05) is 57.4 Å². The van der Waals surface area contributed by atoms with Gasteiger partial charge in [0.2, 0.25) is 5.65 Å². The van der Waals surface area contributed by atoms with E-state index >= 15 is 0 Å². The Morgan fingerprint density at radius 3 is 2.63 bits per heavy atom. The average molecular weight is 366 g/mol. The lowest BCUT2D eigenvalue weighted by molar-refractivity contribution is 0.299. The van der Waals surface area contributed by atoms with Crippen LogP contribution in [0.5, 0.6) is 0 Å². The monoisotopic (exact) mass is 366 g/mol. The second-order valence-electron chi connectivity index (χ2n) is 7.67. The van der Waals surface area contributed by atoms with Gasteiger partial charge in [-0.25, -0.2) is 9.97 Å². The number of hydrogen-bond acceptors (Lipinski definition) is 7. The largest absolute Gasteiger partial charge is 0.356 e. The van der Waals surface area contributed by atoms with Crippen LogP contribution in [0.1, 0.15) is 11.4 Å². The fourth-order valence-electron chi connectivity index (χ4n) is 4.44. The molecule has 9 heteroatoms. The van der Waals surface area contributed by atoms with E-state index in [0.717, 1.165) is 43.4 Å². The average Bonchev–Trinajstić information content (AvgIpc) is 3.32. The van der Waals surface area contributed by atoms with E-state index in [2.05, 4.69) is 36.9 Å². The third-order valence-corrected chi connectivity index (χ3v) is 5.81. The zero-order valence-electron chi connectivity index (χ0n) is 15.5. The molecule has 0 N–H and O–H groups in total. The maximum absolute atomic E-state index is 12.1. The van der Waals surface area contributed by atoms with Crippen molar-refractivity contribution in [2.75, 3.05) is 31.1 Å². The first-order valence-corrected chi connectivity index (χ1v) is 9.23. The van der Waals surface area contributed by atoms with Crippen LogP contribution in [-0.2, 0) is 13.6 Å². The van der Waals surface area contributed by atoms with E-state index in [4.69, 9.17) is 0 Å². The first-order chi connectivity index (χ1) is 13.1. The normalized spacial score (nSPS) is 22.7. The van der Waals surface area contributed by atoms with Crippen molar-refractivity contribution in [2.45, 2.75) is 13.5 Å². The minimum atomic E-state index is -0.120. The van der Waals surface area contributed by atoms with E-state index < -0.39 is 0 Å². The fourth-order valence-corrected chi connectivity index (χ4v) is 4.44. The summed E-state index contributed by atoms with van der Waals surface area (Å²) in [5.74, 6) is 3.15. The van der Waals surface area contributed by atoms with Gasteiger partial charge >= 0.3 is 0 Å². The molecule has 0 amide bonds. The van der Waals surface area contributed by atoms with Crippen LogP contribution < -0.4 is 10.5 Å². The predicted molar refractivity (Wildman–Crippen MR) is 99.5 cm³/mol. The molecular weight excluding hydrogens is 344 g/mol. The molecule has 140 valence electrons. The van der Waals surface area contributed by atoms with Crippen molar-refractivity contribution in [1.29, 1.82) is 0 Å². The third kappa shape index (κ3) is 2.69. The van der Waals surface area contributed by atoms with Gasteiger partial charge in [-0.15, -0.1) is 10.2 Å². The lowest BCUT2D eigenvalue weighted by atomic mass is 10.0. The highest BCUT2D eigenvalue weighted by Gasteiger charge is 2.40. The molecule has 0 radical (unpaired) electrons. The number of aryl methyl sites for hydroxylation is 2. The number of anilines is 1. The van der Waals surface area contributed by atoms with Crippen molar-refractivity contribution in [2.24, 2.45) is 18.9 Å². The summed E-state index contributed by atoms with van der Waals surface area (Å²) >= 11 is 0. The molecule has 0 bridgehead atoms. The van der Waals surface area contributed by atoms with Gasteiger partial charge in [0.25, 0.3) is 5.56 Å². The third-order valence-electron chi connectivity index (χ3n) is 5.81. The molecule has 0 aromatic carbocycles. The Kier molecular flexibility index (Phi) is 3.71. The van der Waals surface area contributed by atoms with Gasteiger partial charge < -0.3 is 9.47 Å². The molecule has 0 saturated carbocycles. The predicted octanol–water partition coefficient (Wildman–Crippen LogP) is 0.0946. The lowest BCUT2D eigenvalue weighted by Crippen LogP contribution is -2.30. The number of nitrogens with zero attached hydrogens (tertiary/aromatic N) is 8. The van der Waals surface area contributed by atoms with Crippen LogP contribution >= 0.6 is 0 Å². The highest BCUT2D eigenvalue weighted by atomic mass is 16.1. The maximum atomic E-state index is 12.1. The van der Waals surface area contributed by atoms with Gasteiger partial charge in [-0.3, -0.25) is 14.1 Å². The number of hydrogen-bond donors (Lipinski definition) is 0. The molecule has 5 rings (SSSR count). The van der Waals surface area contributed by atoms with Gasteiger partial charge in [0.15, 0.2) is 5.82 Å². The molecule has 27 heavy (non-hydrogen) atoms. The molecule has 2 aliphatic heterocycles. The summed E-state index contributed by atoms with van der Waals surface area (Å²) < 4.78 is 3.34. The quantitative estimate of drug-likeness (QED) is 0.650. The molecule has 5 heterocycles. The molecule has 3 aromatic rings. The number of rotatable bonds is 3. The second kappa shape index (κ2) is 6.12. The second-order valence-corrected chi connectivity index (χ2v) is 7.67. The number of likely N-dealkylation sites (tertiary alicyclic amines) is 1. The molecule has 9 nitrogen and oxygen atoms in total. The fraction of sp³-hybridized carbons (Fsp3) is 0.500. The van der Waals surface area contributed by atoms with Gasteiger partial charge in [-0.1, -0.05) is 0 Å². The minimum absolute atomic E-state index is 0.120. The van der Waals surface area contributed by atoms with E-state index in [1.807, 2.05) is 16.8 Å². The van der Waals surface area contributed by atoms with Crippen molar-refractivity contribution in [1.82, 2.24) is 34.0 Å². The van der Waals surface area contributed by atoms with Crippen LogP contribution in [0.25, 0.3) is 5.65 Å². The molecular formula is C18H22N8O. The van der Waals surface area contributed by atoms with Gasteiger partial charge in [0.05, 0.1) is 6.54 Å². The SMILES string of the molecule is Cc1cncnc1N1CC2CN(Cc3nnc4c(=O)n(C)ccn34)CC2C1. The number of fused-ring (bicyclic) bond motifs is 2. The van der Waals surface area contributed by atoms with Crippen LogP contribution in [0.2, 0.25) is 0 Å². The lowest BCUT2D eigenvalue weighted by Gasteiger charge is -2.22. The Balaban J connectivity index is 1.29. The minimum Gasteiger partial charge on any atom is -0.356 e. The Morgan fingerprint density at radius 2 is 1.89 bits per heavy atom. The van der Waals surface area contributed by atoms with E-state index in [9.17, 15) is 4.79 Å². The van der Waals surface area contributed by atoms with Crippen LogP contribution in [0.4, 0.5) is 5.82 Å². The molecule has 2 saturated heterocycles. The van der Waals surface area contributed by atoms with E-state index in [-0.39, 0.29) is 5.56 Å². The van der Waals surface area contributed by atoms with Crippen LogP contribution in [-0.4, -0.2) is 60.2 Å². The Morgan fingerprint density at radius 1 is 1.11 bits per heavy atom. The summed E-state index contributed by atoms with van der Waals surface area (Å²) in [5, 5.41) is 8.34. The Hall–Kier alpha value is -2.81. The topological polar surface area (TPSA) is 84.5 Å². The molecule has 2 fully saturated rings. The summed E-state index contributed by atoms with van der Waals surface area (Å²) in [6.07, 6.45) is 7.12. The van der Waals surface area contributed by atoms with Crippen molar-refractivity contribution in [3.05, 3.63) is 46.7 Å². The van der Waals surface area contributed by atoms with Crippen molar-refractivity contribution < 1.29 is 0 Å². The zero-order chi connectivity index (χ0) is 18.5. The smallest absolute Gasteiger partial charge is 0.295 e. The van der Waals surface area contributed by atoms with Crippen LogP contribution in [0, 0.1) is 18.8 Å². The maximum Gasteiger partial charge on any atom is 0.295 e. The van der Waals surface area contributed by atoms with Crippen molar-refractivity contribution in [3.8, 4) is 0 Å².